The molecule has 0 amide bonds. The van der Waals surface area contributed by atoms with Crippen molar-refractivity contribution in [2.75, 3.05) is 9.80 Å². The van der Waals surface area contributed by atoms with Gasteiger partial charge in [-0.05, 0) is 46.4 Å². The average molecular weight is 927 g/mol. The maximum absolute atomic E-state index is 6.85. The summed E-state index contributed by atoms with van der Waals surface area (Å²) in [6, 6.07) is 67.4. The summed E-state index contributed by atoms with van der Waals surface area (Å²) in [5.74, 6) is 2.65. The molecule has 4 heterocycles. The molecular weight excluding hydrogens is 894 g/mol. The minimum Gasteiger partial charge on any atom is -0.612 e. The van der Waals surface area contributed by atoms with E-state index in [1.165, 1.54) is 0 Å². The Morgan fingerprint density at radius 2 is 1.26 bits per heavy atom. The fourth-order valence-electron chi connectivity index (χ4n) is 8.07. The molecule has 0 fully saturated rings. The number of aromatic nitrogens is 2. The molecule has 8 heteroatoms. The molecule has 0 bridgehead atoms. The van der Waals surface area contributed by atoms with E-state index in [2.05, 4.69) is 172 Å². The van der Waals surface area contributed by atoms with Crippen molar-refractivity contribution < 1.29 is 30.5 Å². The van der Waals surface area contributed by atoms with Crippen molar-refractivity contribution in [2.24, 2.45) is 0 Å². The zero-order valence-corrected chi connectivity index (χ0v) is 33.2. The predicted octanol–water partition coefficient (Wildman–Crippen LogP) is 11.0. The summed E-state index contributed by atoms with van der Waals surface area (Å²) in [6.45, 7) is 1.79. The maximum Gasteiger partial charge on any atom is 0.430 e. The first-order valence-corrected chi connectivity index (χ1v) is 19.0. The van der Waals surface area contributed by atoms with E-state index in [1.54, 1.807) is 0 Å². The van der Waals surface area contributed by atoms with E-state index in [0.717, 1.165) is 72.3 Å². The molecule has 0 radical (unpaired) electrons. The van der Waals surface area contributed by atoms with Gasteiger partial charge in [-0.1, -0.05) is 145 Å². The van der Waals surface area contributed by atoms with Crippen LogP contribution >= 0.6 is 0 Å². The molecule has 0 spiro atoms. The molecule has 0 saturated carbocycles. The minimum atomic E-state index is -0.353. The Morgan fingerprint density at radius 1 is 0.603 bits per heavy atom. The Morgan fingerprint density at radius 3 is 1.98 bits per heavy atom. The smallest absolute Gasteiger partial charge is 0.430 e. The first kappa shape index (κ1) is 35.6. The van der Waals surface area contributed by atoms with E-state index < -0.39 is 0 Å². The fraction of sp³-hybridized carbons (Fsp3) is 0. The van der Waals surface area contributed by atoms with Gasteiger partial charge in [-0.25, -0.2) is 4.98 Å². The zero-order chi connectivity index (χ0) is 37.7. The number of fused-ring (bicyclic) bond motifs is 6. The summed E-state index contributed by atoms with van der Waals surface area (Å²) in [6.07, 6.45) is 4.00. The number of pyridine rings is 1. The molecule has 2 aliphatic heterocycles. The van der Waals surface area contributed by atoms with E-state index in [0.29, 0.717) is 17.2 Å². The van der Waals surface area contributed by atoms with Crippen LogP contribution in [0.4, 0.5) is 11.4 Å². The number of benzene rings is 7. The van der Waals surface area contributed by atoms with Crippen LogP contribution in [0.2, 0.25) is 0 Å². The molecular formula is C50H32BN4O2Pt-3. The molecule has 11 rings (SSSR count). The molecule has 2 aromatic heterocycles. The first-order chi connectivity index (χ1) is 28.3. The van der Waals surface area contributed by atoms with Crippen LogP contribution in [0.15, 0.2) is 194 Å². The third-order valence-corrected chi connectivity index (χ3v) is 10.6. The van der Waals surface area contributed by atoms with E-state index in [-0.39, 0.29) is 28.0 Å². The van der Waals surface area contributed by atoms with Gasteiger partial charge < -0.3 is 23.8 Å². The van der Waals surface area contributed by atoms with Crippen molar-refractivity contribution >= 4 is 45.6 Å². The molecule has 9 aromatic rings. The number of ether oxygens (including phenoxy) is 1. The molecule has 0 saturated heterocycles. The van der Waals surface area contributed by atoms with Gasteiger partial charge in [-0.2, -0.15) is 6.07 Å². The number of rotatable bonds is 7. The van der Waals surface area contributed by atoms with Crippen molar-refractivity contribution in [2.45, 2.75) is 0 Å². The van der Waals surface area contributed by atoms with Crippen molar-refractivity contribution in [1.29, 1.82) is 0 Å². The molecule has 2 aliphatic rings. The Bertz CT molecular complexity index is 2900. The summed E-state index contributed by atoms with van der Waals surface area (Å²) in [5.41, 5.74) is 10.3. The van der Waals surface area contributed by atoms with Crippen LogP contribution in [0, 0.1) is 18.8 Å². The van der Waals surface area contributed by atoms with E-state index >= 15 is 0 Å². The van der Waals surface area contributed by atoms with Gasteiger partial charge in [0.2, 0.25) is 0 Å². The summed E-state index contributed by atoms with van der Waals surface area (Å²) < 4.78 is 15.6. The van der Waals surface area contributed by atoms with Crippen LogP contribution in [0.3, 0.4) is 0 Å². The molecule has 0 N–H and O–H groups in total. The molecule has 0 atom stereocenters. The van der Waals surface area contributed by atoms with Gasteiger partial charge in [-0.3, -0.25) is 0 Å². The zero-order valence-electron chi connectivity index (χ0n) is 31.0. The van der Waals surface area contributed by atoms with Crippen molar-refractivity contribution in [1.82, 2.24) is 9.55 Å². The molecule has 0 aliphatic carbocycles. The first-order valence-electron chi connectivity index (χ1n) is 19.0. The monoisotopic (exact) mass is 926 g/mol. The number of hydrogen-bond acceptors (Lipinski definition) is 5. The summed E-state index contributed by atoms with van der Waals surface area (Å²) in [4.78, 5) is 9.10. The average Bonchev–Trinajstić information content (AvgIpc) is 3.87. The quantitative estimate of drug-likeness (QED) is 0.118. The van der Waals surface area contributed by atoms with Gasteiger partial charge in [0.25, 0.3) is 0 Å². The molecule has 58 heavy (non-hydrogen) atoms. The normalized spacial score (nSPS) is 13.1. The number of para-hydroxylation sites is 2. The topological polar surface area (TPSA) is 42.8 Å². The molecule has 6 nitrogen and oxygen atoms in total. The van der Waals surface area contributed by atoms with Crippen LogP contribution in [0.1, 0.15) is 0 Å². The van der Waals surface area contributed by atoms with E-state index in [1.807, 2.05) is 54.7 Å². The van der Waals surface area contributed by atoms with Gasteiger partial charge in [0.05, 0.1) is 0 Å². The third kappa shape index (κ3) is 6.16. The fourth-order valence-corrected chi connectivity index (χ4v) is 8.07. The van der Waals surface area contributed by atoms with Gasteiger partial charge in [0.15, 0.2) is 0 Å². The minimum absolute atomic E-state index is 0. The van der Waals surface area contributed by atoms with Gasteiger partial charge in [0, 0.05) is 72.4 Å². The van der Waals surface area contributed by atoms with Gasteiger partial charge in [-0.15, -0.1) is 42.4 Å². The Hall–Kier alpha value is -6.82. The molecule has 0 unspecified atom stereocenters. The Labute approximate surface area is 351 Å². The molecule has 280 valence electrons. The summed E-state index contributed by atoms with van der Waals surface area (Å²) in [7, 11) is 0. The summed E-state index contributed by atoms with van der Waals surface area (Å²) >= 11 is 0. The second-order valence-electron chi connectivity index (χ2n) is 14.1. The van der Waals surface area contributed by atoms with Crippen molar-refractivity contribution in [3.05, 3.63) is 213 Å². The summed E-state index contributed by atoms with van der Waals surface area (Å²) in [5, 5.41) is 2.20. The van der Waals surface area contributed by atoms with Crippen LogP contribution in [0.25, 0.3) is 49.9 Å². The van der Waals surface area contributed by atoms with Crippen LogP contribution in [0.5, 0.6) is 17.2 Å². The van der Waals surface area contributed by atoms with Crippen molar-refractivity contribution in [3.8, 4) is 45.3 Å². The largest absolute Gasteiger partial charge is 0.612 e. The maximum atomic E-state index is 6.85. The number of hydrogen-bond donors (Lipinski definition) is 0. The standard InChI is InChI=1S/C50H32BN4O2.Pt/c1-4-15-35(16-5-1)40-22-14-23-41(36-17-6-2-7-18-36)50(40)53-33-48-51(37-19-8-3-9-20-37)57-47-29-27-39(32-46(47)54(48)34-53)56-38-26-28-43-42-21-10-11-24-44(42)55(45(43)31-38)49-25-12-13-30-52-49;/h1-30,33-34H;/q-3;. The van der Waals surface area contributed by atoms with Crippen LogP contribution < -0.4 is 24.7 Å². The predicted molar refractivity (Wildman–Crippen MR) is 230 cm³/mol. The Kier molecular flexibility index (Phi) is 9.16. The number of anilines is 2. The van der Waals surface area contributed by atoms with Crippen molar-refractivity contribution in [3.63, 3.8) is 0 Å². The van der Waals surface area contributed by atoms with Gasteiger partial charge in [0.1, 0.15) is 5.82 Å². The second kappa shape index (κ2) is 14.9. The van der Waals surface area contributed by atoms with Gasteiger partial charge >= 0.3 is 6.92 Å². The van der Waals surface area contributed by atoms with Crippen LogP contribution in [-0.4, -0.2) is 16.5 Å². The SMILES string of the molecule is [Pt].[c-]1c(Oc2[c-]c3c(cc2)c2ccccc2n3-c2ccccn2)ccc2c1N1[CH-]N(c3c(-c4ccccc4)cccc3-c3ccccc3)C=C1B(c1ccccc1)O2. The van der Waals surface area contributed by atoms with E-state index in [4.69, 9.17) is 9.39 Å². The molecule has 7 aromatic carbocycles. The van der Waals surface area contributed by atoms with E-state index in [9.17, 15) is 0 Å². The second-order valence-corrected chi connectivity index (χ2v) is 14.1. The Balaban J connectivity index is 0.00000408. The number of nitrogens with zero attached hydrogens (tertiary/aromatic N) is 4. The van der Waals surface area contributed by atoms with Crippen LogP contribution in [-0.2, 0) is 21.1 Å². The third-order valence-electron chi connectivity index (χ3n) is 10.6.